The van der Waals surface area contributed by atoms with Crippen molar-refractivity contribution in [1.29, 1.82) is 5.26 Å². The monoisotopic (exact) mass is 287 g/mol. The lowest BCUT2D eigenvalue weighted by Gasteiger charge is -2.34. The van der Waals surface area contributed by atoms with E-state index in [2.05, 4.69) is 37.1 Å². The van der Waals surface area contributed by atoms with Crippen LogP contribution >= 0.6 is 0 Å². The van der Waals surface area contributed by atoms with Crippen LogP contribution in [0.3, 0.4) is 0 Å². The first-order valence-corrected chi connectivity index (χ1v) is 7.59. The van der Waals surface area contributed by atoms with Crippen LogP contribution < -0.4 is 5.32 Å². The summed E-state index contributed by atoms with van der Waals surface area (Å²) in [6, 6.07) is 10.3. The highest BCUT2D eigenvalue weighted by Crippen LogP contribution is 2.18. The summed E-state index contributed by atoms with van der Waals surface area (Å²) in [5.74, 6) is 0. The summed E-state index contributed by atoms with van der Waals surface area (Å²) < 4.78 is 5.82. The summed E-state index contributed by atoms with van der Waals surface area (Å²) in [5, 5.41) is 12.5. The lowest BCUT2D eigenvalue weighted by molar-refractivity contribution is -0.0683. The van der Waals surface area contributed by atoms with E-state index in [0.29, 0.717) is 18.3 Å². The molecule has 1 aromatic carbocycles. The zero-order valence-electron chi connectivity index (χ0n) is 13.2. The van der Waals surface area contributed by atoms with Crippen LogP contribution in [0.5, 0.6) is 0 Å². The lowest BCUT2D eigenvalue weighted by atomic mass is 10.0. The van der Waals surface area contributed by atoms with Crippen LogP contribution in [0.1, 0.15) is 39.2 Å². The molecule has 0 saturated carbocycles. The number of anilines is 1. The fourth-order valence-corrected chi connectivity index (χ4v) is 2.41. The molecule has 1 N–H and O–H groups in total. The summed E-state index contributed by atoms with van der Waals surface area (Å²) >= 11 is 0. The normalized spacial score (nSPS) is 17.4. The van der Waals surface area contributed by atoms with Crippen molar-refractivity contribution in [2.75, 3.05) is 25.1 Å². The molecule has 0 atom stereocenters. The summed E-state index contributed by atoms with van der Waals surface area (Å²) in [4.78, 5) is 2.36. The molecule has 0 unspecified atom stereocenters. The highest BCUT2D eigenvalue weighted by atomic mass is 16.5. The van der Waals surface area contributed by atoms with Crippen LogP contribution in [0.15, 0.2) is 24.3 Å². The third-order valence-corrected chi connectivity index (χ3v) is 3.63. The summed E-state index contributed by atoms with van der Waals surface area (Å²) in [6.07, 6.45) is 2.20. The molecule has 0 amide bonds. The molecule has 0 aromatic heterocycles. The van der Waals surface area contributed by atoms with Gasteiger partial charge in [-0.15, -0.1) is 0 Å². The van der Waals surface area contributed by atoms with Gasteiger partial charge in [-0.2, -0.15) is 5.26 Å². The first-order chi connectivity index (χ1) is 9.96. The van der Waals surface area contributed by atoms with E-state index >= 15 is 0 Å². The molecule has 4 nitrogen and oxygen atoms in total. The van der Waals surface area contributed by atoms with Gasteiger partial charge in [0, 0.05) is 24.8 Å². The molecule has 1 aliphatic rings. The maximum Gasteiger partial charge on any atom is 0.0997 e. The van der Waals surface area contributed by atoms with E-state index in [1.807, 2.05) is 24.3 Å². The molecular weight excluding hydrogens is 262 g/mol. The molecule has 0 bridgehead atoms. The number of hydrogen-bond donors (Lipinski definition) is 1. The van der Waals surface area contributed by atoms with Gasteiger partial charge < -0.3 is 10.1 Å². The quantitative estimate of drug-likeness (QED) is 0.924. The molecule has 4 heteroatoms. The molecule has 21 heavy (non-hydrogen) atoms. The number of rotatable bonds is 4. The van der Waals surface area contributed by atoms with E-state index in [1.54, 1.807) is 0 Å². The van der Waals surface area contributed by atoms with Gasteiger partial charge in [-0.25, -0.2) is 0 Å². The molecule has 0 radical (unpaired) electrons. The molecule has 1 fully saturated rings. The molecule has 1 heterocycles. The fourth-order valence-electron chi connectivity index (χ4n) is 2.41. The number of hydrogen-bond acceptors (Lipinski definition) is 4. The largest absolute Gasteiger partial charge is 0.382 e. The number of ether oxygens (including phenoxy) is 1. The standard InChI is InChI=1S/C17H25N3O/c1-17(2,3)21-13-20-9-7-15(8-10-20)19-16-6-4-5-14(11-16)12-18/h4-6,11,15,19H,7-10,13H2,1-3H3. The Labute approximate surface area is 127 Å². The molecule has 114 valence electrons. The van der Waals surface area contributed by atoms with Crippen molar-refractivity contribution in [3.8, 4) is 6.07 Å². The number of benzene rings is 1. The number of nitrogens with one attached hydrogen (secondary N) is 1. The molecule has 0 aliphatic carbocycles. The van der Waals surface area contributed by atoms with Gasteiger partial charge in [0.15, 0.2) is 0 Å². The summed E-state index contributed by atoms with van der Waals surface area (Å²) in [5.41, 5.74) is 1.67. The highest BCUT2D eigenvalue weighted by Gasteiger charge is 2.20. The zero-order valence-corrected chi connectivity index (χ0v) is 13.2. The van der Waals surface area contributed by atoms with E-state index in [0.717, 1.165) is 31.6 Å². The lowest BCUT2D eigenvalue weighted by Crippen LogP contribution is -2.41. The average molecular weight is 287 g/mol. The van der Waals surface area contributed by atoms with E-state index in [-0.39, 0.29) is 5.60 Å². The van der Waals surface area contributed by atoms with Gasteiger partial charge in [-0.3, -0.25) is 4.90 Å². The Morgan fingerprint density at radius 2 is 2.05 bits per heavy atom. The fraction of sp³-hybridized carbons (Fsp3) is 0.588. The van der Waals surface area contributed by atoms with E-state index in [1.165, 1.54) is 0 Å². The highest BCUT2D eigenvalue weighted by molar-refractivity contribution is 5.49. The van der Waals surface area contributed by atoms with Crippen LogP contribution in [-0.4, -0.2) is 36.4 Å². The van der Waals surface area contributed by atoms with E-state index in [4.69, 9.17) is 10.00 Å². The van der Waals surface area contributed by atoms with Crippen LogP contribution in [0.4, 0.5) is 5.69 Å². The number of nitrogens with zero attached hydrogens (tertiary/aromatic N) is 2. The van der Waals surface area contributed by atoms with Gasteiger partial charge in [-0.05, 0) is 51.8 Å². The predicted molar refractivity (Wildman–Crippen MR) is 85.1 cm³/mol. The average Bonchev–Trinajstić information content (AvgIpc) is 2.46. The first-order valence-electron chi connectivity index (χ1n) is 7.59. The minimum atomic E-state index is -0.0766. The van der Waals surface area contributed by atoms with Gasteiger partial charge in [-0.1, -0.05) is 6.07 Å². The van der Waals surface area contributed by atoms with Gasteiger partial charge in [0.1, 0.15) is 0 Å². The topological polar surface area (TPSA) is 48.3 Å². The van der Waals surface area contributed by atoms with E-state index < -0.39 is 0 Å². The number of piperidine rings is 1. The Kier molecular flexibility index (Phi) is 5.22. The van der Waals surface area contributed by atoms with Crippen molar-refractivity contribution in [3.05, 3.63) is 29.8 Å². The van der Waals surface area contributed by atoms with Gasteiger partial charge in [0.2, 0.25) is 0 Å². The SMILES string of the molecule is CC(C)(C)OCN1CCC(Nc2cccc(C#N)c2)CC1. The van der Waals surface area contributed by atoms with E-state index in [9.17, 15) is 0 Å². The molecule has 1 aliphatic heterocycles. The zero-order chi connectivity index (χ0) is 15.3. The van der Waals surface area contributed by atoms with Gasteiger partial charge in [0.25, 0.3) is 0 Å². The minimum Gasteiger partial charge on any atom is -0.382 e. The smallest absolute Gasteiger partial charge is 0.0997 e. The first kappa shape index (κ1) is 15.8. The van der Waals surface area contributed by atoms with Crippen LogP contribution in [0, 0.1) is 11.3 Å². The minimum absolute atomic E-state index is 0.0766. The Morgan fingerprint density at radius 1 is 1.33 bits per heavy atom. The van der Waals surface area contributed by atoms with Crippen LogP contribution in [0.25, 0.3) is 0 Å². The van der Waals surface area contributed by atoms with Crippen molar-refractivity contribution in [2.45, 2.75) is 45.3 Å². The predicted octanol–water partition coefficient (Wildman–Crippen LogP) is 3.21. The van der Waals surface area contributed by atoms with Gasteiger partial charge >= 0.3 is 0 Å². The van der Waals surface area contributed by atoms with Crippen molar-refractivity contribution >= 4 is 5.69 Å². The Hall–Kier alpha value is -1.57. The summed E-state index contributed by atoms with van der Waals surface area (Å²) in [6.45, 7) is 9.06. The third kappa shape index (κ3) is 5.37. The second-order valence-corrected chi connectivity index (χ2v) is 6.62. The van der Waals surface area contributed by atoms with Crippen molar-refractivity contribution in [2.24, 2.45) is 0 Å². The summed E-state index contributed by atoms with van der Waals surface area (Å²) in [7, 11) is 0. The molecule has 1 saturated heterocycles. The second kappa shape index (κ2) is 6.93. The maximum atomic E-state index is 8.93. The van der Waals surface area contributed by atoms with Crippen molar-refractivity contribution < 1.29 is 4.74 Å². The van der Waals surface area contributed by atoms with Crippen molar-refractivity contribution in [1.82, 2.24) is 4.90 Å². The molecular formula is C17H25N3O. The van der Waals surface area contributed by atoms with Gasteiger partial charge in [0.05, 0.1) is 24.0 Å². The Morgan fingerprint density at radius 3 is 2.67 bits per heavy atom. The second-order valence-electron chi connectivity index (χ2n) is 6.62. The molecule has 1 aromatic rings. The molecule has 0 spiro atoms. The third-order valence-electron chi connectivity index (χ3n) is 3.63. The number of likely N-dealkylation sites (tertiary alicyclic amines) is 1. The van der Waals surface area contributed by atoms with Crippen molar-refractivity contribution in [3.63, 3.8) is 0 Å². The number of nitriles is 1. The molecule has 2 rings (SSSR count). The Bertz CT molecular complexity index is 493. The maximum absolute atomic E-state index is 8.93. The van der Waals surface area contributed by atoms with Crippen LogP contribution in [0.2, 0.25) is 0 Å². The Balaban J connectivity index is 1.77. The van der Waals surface area contributed by atoms with Crippen LogP contribution in [-0.2, 0) is 4.74 Å².